The zero-order chi connectivity index (χ0) is 14.5. The first-order valence-electron chi connectivity index (χ1n) is 6.34. The maximum absolute atomic E-state index is 11.8. The molecule has 1 atom stereocenters. The predicted octanol–water partition coefficient (Wildman–Crippen LogP) is 0.532. The van der Waals surface area contributed by atoms with E-state index in [2.05, 4.69) is 10.6 Å². The van der Waals surface area contributed by atoms with Gasteiger partial charge in [-0.3, -0.25) is 19.7 Å². The topological polar surface area (TPSA) is 101 Å². The molecule has 0 spiro atoms. The van der Waals surface area contributed by atoms with Crippen molar-refractivity contribution in [1.82, 2.24) is 10.6 Å². The average Bonchev–Trinajstić information content (AvgIpc) is 2.41. The third-order valence-corrected chi connectivity index (χ3v) is 3.12. The molecule has 7 nitrogen and oxygen atoms in total. The van der Waals surface area contributed by atoms with Gasteiger partial charge in [-0.25, -0.2) is 0 Å². The van der Waals surface area contributed by atoms with Crippen LogP contribution in [0.15, 0.2) is 24.3 Å². The number of nitrogens with zero attached hydrogens (tertiary/aromatic N) is 1. The van der Waals surface area contributed by atoms with Gasteiger partial charge in [0.15, 0.2) is 0 Å². The molecule has 2 amide bonds. The van der Waals surface area contributed by atoms with Crippen LogP contribution in [0.3, 0.4) is 0 Å². The summed E-state index contributed by atoms with van der Waals surface area (Å²) in [4.78, 5) is 33.0. The van der Waals surface area contributed by atoms with Gasteiger partial charge in [-0.05, 0) is 12.0 Å². The summed E-state index contributed by atoms with van der Waals surface area (Å²) in [7, 11) is 0. The van der Waals surface area contributed by atoms with Gasteiger partial charge in [-0.2, -0.15) is 0 Å². The number of non-ortho nitro benzene ring substituents is 1. The normalized spacial score (nSPS) is 18.2. The Morgan fingerprint density at radius 1 is 1.50 bits per heavy atom. The van der Waals surface area contributed by atoms with E-state index in [0.717, 1.165) is 0 Å². The molecule has 2 rings (SSSR count). The van der Waals surface area contributed by atoms with E-state index in [9.17, 15) is 19.7 Å². The molecule has 2 N–H and O–H groups in total. The van der Waals surface area contributed by atoms with Crippen LogP contribution in [0.25, 0.3) is 0 Å². The van der Waals surface area contributed by atoms with E-state index in [1.165, 1.54) is 12.1 Å². The number of piperidine rings is 1. The molecule has 1 saturated heterocycles. The number of benzene rings is 1. The highest BCUT2D eigenvalue weighted by atomic mass is 16.6. The zero-order valence-corrected chi connectivity index (χ0v) is 10.8. The third kappa shape index (κ3) is 3.78. The maximum atomic E-state index is 11.8. The zero-order valence-electron chi connectivity index (χ0n) is 10.8. The molecule has 0 aromatic heterocycles. The summed E-state index contributed by atoms with van der Waals surface area (Å²) in [6.45, 7) is 0.430. The highest BCUT2D eigenvalue weighted by Crippen LogP contribution is 2.13. The Hall–Kier alpha value is -2.44. The Kier molecular flexibility index (Phi) is 4.29. The van der Waals surface area contributed by atoms with Gasteiger partial charge in [-0.15, -0.1) is 0 Å². The largest absolute Gasteiger partial charge is 0.354 e. The van der Waals surface area contributed by atoms with Crippen molar-refractivity contribution in [3.8, 4) is 0 Å². The van der Waals surface area contributed by atoms with Gasteiger partial charge < -0.3 is 10.6 Å². The van der Waals surface area contributed by atoms with Gasteiger partial charge in [-0.1, -0.05) is 12.1 Å². The van der Waals surface area contributed by atoms with Gasteiger partial charge >= 0.3 is 0 Å². The van der Waals surface area contributed by atoms with Crippen LogP contribution in [-0.2, 0) is 16.0 Å². The fourth-order valence-corrected chi connectivity index (χ4v) is 2.10. The van der Waals surface area contributed by atoms with Crippen LogP contribution in [0.4, 0.5) is 5.69 Å². The summed E-state index contributed by atoms with van der Waals surface area (Å²) in [5.41, 5.74) is 0.566. The number of hydrogen-bond acceptors (Lipinski definition) is 4. The molecule has 20 heavy (non-hydrogen) atoms. The summed E-state index contributed by atoms with van der Waals surface area (Å²) in [5.74, 6) is -0.208. The highest BCUT2D eigenvalue weighted by Gasteiger charge is 2.19. The lowest BCUT2D eigenvalue weighted by Gasteiger charge is -2.23. The molecule has 0 aliphatic carbocycles. The van der Waals surface area contributed by atoms with Gasteiger partial charge in [0.05, 0.1) is 11.3 Å². The van der Waals surface area contributed by atoms with Crippen molar-refractivity contribution in [3.63, 3.8) is 0 Å². The Balaban J connectivity index is 1.89. The second-order valence-electron chi connectivity index (χ2n) is 4.71. The fraction of sp³-hybridized carbons (Fsp3) is 0.385. The molecule has 1 aromatic carbocycles. The van der Waals surface area contributed by atoms with Gasteiger partial charge in [0.1, 0.15) is 0 Å². The molecule has 0 radical (unpaired) electrons. The number of rotatable bonds is 4. The molecule has 1 aliphatic heterocycles. The van der Waals surface area contributed by atoms with E-state index < -0.39 is 4.92 Å². The van der Waals surface area contributed by atoms with Crippen LogP contribution in [0.2, 0.25) is 0 Å². The van der Waals surface area contributed by atoms with Crippen LogP contribution in [0.5, 0.6) is 0 Å². The van der Waals surface area contributed by atoms with E-state index in [-0.39, 0.29) is 30.0 Å². The number of nitrogens with one attached hydrogen (secondary N) is 2. The number of carbonyl (C=O) groups is 2. The first-order chi connectivity index (χ1) is 9.54. The number of carbonyl (C=O) groups excluding carboxylic acids is 2. The minimum atomic E-state index is -0.488. The smallest absolute Gasteiger partial charge is 0.269 e. The minimum Gasteiger partial charge on any atom is -0.354 e. The first kappa shape index (κ1) is 14.0. The van der Waals surface area contributed by atoms with Gasteiger partial charge in [0, 0.05) is 31.1 Å². The lowest BCUT2D eigenvalue weighted by atomic mass is 10.1. The van der Waals surface area contributed by atoms with Crippen LogP contribution < -0.4 is 10.6 Å². The maximum Gasteiger partial charge on any atom is 0.269 e. The van der Waals surface area contributed by atoms with Crippen molar-refractivity contribution in [1.29, 1.82) is 0 Å². The van der Waals surface area contributed by atoms with E-state index in [4.69, 9.17) is 0 Å². The number of nitro groups is 1. The van der Waals surface area contributed by atoms with Gasteiger partial charge in [0.2, 0.25) is 11.8 Å². The average molecular weight is 277 g/mol. The summed E-state index contributed by atoms with van der Waals surface area (Å²) in [5, 5.41) is 16.1. The SMILES string of the molecule is O=C1CCC(NC(=O)Cc2cccc([N+](=O)[O-])c2)CN1. The highest BCUT2D eigenvalue weighted by molar-refractivity contribution is 5.80. The summed E-state index contributed by atoms with van der Waals surface area (Å²) < 4.78 is 0. The first-order valence-corrected chi connectivity index (χ1v) is 6.34. The summed E-state index contributed by atoms with van der Waals surface area (Å²) >= 11 is 0. The third-order valence-electron chi connectivity index (χ3n) is 3.12. The monoisotopic (exact) mass is 277 g/mol. The summed E-state index contributed by atoms with van der Waals surface area (Å²) in [6, 6.07) is 5.94. The molecule has 1 unspecified atom stereocenters. The Morgan fingerprint density at radius 3 is 2.95 bits per heavy atom. The molecule has 106 valence electrons. The van der Waals surface area contributed by atoms with Crippen LogP contribution in [0.1, 0.15) is 18.4 Å². The number of hydrogen-bond donors (Lipinski definition) is 2. The quantitative estimate of drug-likeness (QED) is 0.619. The molecule has 1 fully saturated rings. The second-order valence-corrected chi connectivity index (χ2v) is 4.71. The lowest BCUT2D eigenvalue weighted by Crippen LogP contribution is -2.48. The van der Waals surface area contributed by atoms with Crippen LogP contribution >= 0.6 is 0 Å². The molecule has 0 bridgehead atoms. The minimum absolute atomic E-state index is 0.00539. The Labute approximate surface area is 115 Å². The van der Waals surface area contributed by atoms with Gasteiger partial charge in [0.25, 0.3) is 5.69 Å². The summed E-state index contributed by atoms with van der Waals surface area (Å²) in [6.07, 6.45) is 1.11. The van der Waals surface area contributed by atoms with E-state index in [1.54, 1.807) is 12.1 Å². The van der Waals surface area contributed by atoms with Crippen molar-refractivity contribution in [2.45, 2.75) is 25.3 Å². The van der Waals surface area contributed by atoms with Crippen molar-refractivity contribution in [3.05, 3.63) is 39.9 Å². The van der Waals surface area contributed by atoms with Crippen molar-refractivity contribution in [2.24, 2.45) is 0 Å². The standard InChI is InChI=1S/C13H15N3O4/c17-12-5-4-10(8-14-12)15-13(18)7-9-2-1-3-11(6-9)16(19)20/h1-3,6,10H,4-5,7-8H2,(H,14,17)(H,15,18). The molecule has 1 heterocycles. The fourth-order valence-electron chi connectivity index (χ4n) is 2.10. The molecule has 1 aromatic rings. The molecular weight excluding hydrogens is 262 g/mol. The van der Waals surface area contributed by atoms with Crippen molar-refractivity contribution < 1.29 is 14.5 Å². The van der Waals surface area contributed by atoms with Crippen molar-refractivity contribution in [2.75, 3.05) is 6.54 Å². The predicted molar refractivity (Wildman–Crippen MR) is 71.0 cm³/mol. The lowest BCUT2D eigenvalue weighted by molar-refractivity contribution is -0.384. The second kappa shape index (κ2) is 6.14. The number of nitro benzene ring substituents is 1. The van der Waals surface area contributed by atoms with Crippen molar-refractivity contribution >= 4 is 17.5 Å². The molecule has 7 heteroatoms. The molecule has 0 saturated carbocycles. The number of amides is 2. The van der Waals surface area contributed by atoms with Crippen LogP contribution in [0, 0.1) is 10.1 Å². The molecular formula is C13H15N3O4. The van der Waals surface area contributed by atoms with E-state index in [1.807, 2.05) is 0 Å². The van der Waals surface area contributed by atoms with E-state index in [0.29, 0.717) is 24.9 Å². The van der Waals surface area contributed by atoms with Crippen LogP contribution in [-0.4, -0.2) is 29.3 Å². The van der Waals surface area contributed by atoms with E-state index >= 15 is 0 Å². The molecule has 1 aliphatic rings. The Bertz CT molecular complexity index is 534. The Morgan fingerprint density at radius 2 is 2.30 bits per heavy atom.